The van der Waals surface area contributed by atoms with E-state index in [4.69, 9.17) is 0 Å². The highest BCUT2D eigenvalue weighted by Gasteiger charge is 2.44. The van der Waals surface area contributed by atoms with Crippen LogP contribution in [-0.4, -0.2) is 10.9 Å². The molecule has 0 spiro atoms. The average molecular weight is 302 g/mol. The molecule has 3 nitrogen and oxygen atoms in total. The summed E-state index contributed by atoms with van der Waals surface area (Å²) in [6.07, 6.45) is 2.68. The maximum atomic E-state index is 12.4. The van der Waals surface area contributed by atoms with E-state index in [0.717, 1.165) is 12.1 Å². The molecule has 114 valence electrons. The molecule has 0 saturated heterocycles. The summed E-state index contributed by atoms with van der Waals surface area (Å²) in [6.45, 7) is 0.498. The molecule has 1 amide bonds. The van der Waals surface area contributed by atoms with Crippen molar-refractivity contribution in [3.63, 3.8) is 0 Å². The third-order valence-electron chi connectivity index (χ3n) is 4.52. The normalized spacial score (nSPS) is 19.5. The monoisotopic (exact) mass is 302 g/mol. The molecule has 2 aromatic carbocycles. The number of benzene rings is 2. The van der Waals surface area contributed by atoms with Crippen molar-refractivity contribution in [2.24, 2.45) is 5.92 Å². The quantitative estimate of drug-likeness (QED) is 0.799. The molecule has 1 aliphatic rings. The number of aromatic nitrogens is 1. The predicted molar refractivity (Wildman–Crippen MR) is 90.9 cm³/mol. The SMILES string of the molecule is O=C(NCc1ccccn1)[C@@H]1C[C@H]1c1cccc2ccccc12. The van der Waals surface area contributed by atoms with Crippen molar-refractivity contribution < 1.29 is 4.79 Å². The Balaban J connectivity index is 1.46. The highest BCUT2D eigenvalue weighted by molar-refractivity contribution is 5.89. The second kappa shape index (κ2) is 5.84. The van der Waals surface area contributed by atoms with Crippen LogP contribution in [0.1, 0.15) is 23.6 Å². The number of pyridine rings is 1. The highest BCUT2D eigenvalue weighted by Crippen LogP contribution is 2.49. The predicted octanol–water partition coefficient (Wildman–Crippen LogP) is 3.65. The van der Waals surface area contributed by atoms with Crippen LogP contribution < -0.4 is 5.32 Å². The number of hydrogen-bond acceptors (Lipinski definition) is 2. The first-order valence-corrected chi connectivity index (χ1v) is 7.98. The molecule has 0 unspecified atom stereocenters. The summed E-state index contributed by atoms with van der Waals surface area (Å²) in [6, 6.07) is 20.5. The summed E-state index contributed by atoms with van der Waals surface area (Å²) >= 11 is 0. The molecule has 1 saturated carbocycles. The Kier molecular flexibility index (Phi) is 3.54. The number of carbonyl (C=O) groups is 1. The third kappa shape index (κ3) is 2.82. The summed E-state index contributed by atoms with van der Waals surface area (Å²) in [7, 11) is 0. The van der Waals surface area contributed by atoms with Gasteiger partial charge in [-0.3, -0.25) is 9.78 Å². The zero-order valence-electron chi connectivity index (χ0n) is 12.8. The maximum absolute atomic E-state index is 12.4. The minimum Gasteiger partial charge on any atom is -0.350 e. The molecule has 1 aromatic heterocycles. The molecule has 2 atom stereocenters. The second-order valence-corrected chi connectivity index (χ2v) is 6.06. The van der Waals surface area contributed by atoms with Crippen LogP contribution in [-0.2, 0) is 11.3 Å². The van der Waals surface area contributed by atoms with Crippen LogP contribution >= 0.6 is 0 Å². The Morgan fingerprint density at radius 2 is 1.87 bits per heavy atom. The first-order chi connectivity index (χ1) is 11.3. The fourth-order valence-corrected chi connectivity index (χ4v) is 3.21. The van der Waals surface area contributed by atoms with Gasteiger partial charge in [-0.1, -0.05) is 48.5 Å². The van der Waals surface area contributed by atoms with Crippen LogP contribution in [0.15, 0.2) is 66.9 Å². The van der Waals surface area contributed by atoms with Gasteiger partial charge >= 0.3 is 0 Å². The summed E-state index contributed by atoms with van der Waals surface area (Å²) in [4.78, 5) is 16.6. The Bertz CT molecular complexity index is 839. The lowest BCUT2D eigenvalue weighted by molar-refractivity contribution is -0.122. The standard InChI is InChI=1S/C20H18N2O/c23-20(22-13-15-8-3-4-11-21-15)19-12-18(19)17-10-5-7-14-6-1-2-9-16(14)17/h1-11,18-19H,12-13H2,(H,22,23)/t18-,19+/m0/s1. The molecule has 1 N–H and O–H groups in total. The topological polar surface area (TPSA) is 42.0 Å². The Morgan fingerprint density at radius 1 is 1.04 bits per heavy atom. The first kappa shape index (κ1) is 13.9. The molecule has 23 heavy (non-hydrogen) atoms. The van der Waals surface area contributed by atoms with Crippen molar-refractivity contribution in [2.45, 2.75) is 18.9 Å². The zero-order chi connectivity index (χ0) is 15.6. The van der Waals surface area contributed by atoms with Gasteiger partial charge in [0, 0.05) is 12.1 Å². The van der Waals surface area contributed by atoms with Crippen molar-refractivity contribution in [3.05, 3.63) is 78.1 Å². The van der Waals surface area contributed by atoms with Gasteiger partial charge in [-0.15, -0.1) is 0 Å². The number of carbonyl (C=O) groups excluding carboxylic acids is 1. The van der Waals surface area contributed by atoms with Gasteiger partial charge in [0.15, 0.2) is 0 Å². The smallest absolute Gasteiger partial charge is 0.224 e. The zero-order valence-corrected chi connectivity index (χ0v) is 12.8. The van der Waals surface area contributed by atoms with E-state index < -0.39 is 0 Å². The summed E-state index contributed by atoms with van der Waals surface area (Å²) in [5.41, 5.74) is 2.18. The van der Waals surface area contributed by atoms with Crippen LogP contribution in [0.5, 0.6) is 0 Å². The highest BCUT2D eigenvalue weighted by atomic mass is 16.2. The summed E-state index contributed by atoms with van der Waals surface area (Å²) in [5.74, 6) is 0.558. The number of nitrogens with zero attached hydrogens (tertiary/aromatic N) is 1. The molecular weight excluding hydrogens is 284 g/mol. The van der Waals surface area contributed by atoms with Crippen molar-refractivity contribution in [1.29, 1.82) is 0 Å². The minimum atomic E-state index is 0.0875. The summed E-state index contributed by atoms with van der Waals surface area (Å²) in [5, 5.41) is 5.51. The van der Waals surface area contributed by atoms with Gasteiger partial charge in [-0.05, 0) is 40.8 Å². The van der Waals surface area contributed by atoms with Gasteiger partial charge in [0.05, 0.1) is 12.2 Å². The van der Waals surface area contributed by atoms with Crippen molar-refractivity contribution in [3.8, 4) is 0 Å². The van der Waals surface area contributed by atoms with E-state index in [0.29, 0.717) is 12.5 Å². The average Bonchev–Trinajstić information content (AvgIpc) is 3.41. The molecular formula is C20H18N2O. The van der Waals surface area contributed by atoms with Crippen LogP contribution in [0.25, 0.3) is 10.8 Å². The van der Waals surface area contributed by atoms with Gasteiger partial charge in [-0.2, -0.15) is 0 Å². The number of nitrogens with one attached hydrogen (secondary N) is 1. The Hall–Kier alpha value is -2.68. The number of rotatable bonds is 4. The second-order valence-electron chi connectivity index (χ2n) is 6.06. The van der Waals surface area contributed by atoms with Gasteiger partial charge in [0.25, 0.3) is 0 Å². The van der Waals surface area contributed by atoms with Gasteiger partial charge in [-0.25, -0.2) is 0 Å². The van der Waals surface area contributed by atoms with Crippen LogP contribution in [0.2, 0.25) is 0 Å². The third-order valence-corrected chi connectivity index (χ3v) is 4.52. The van der Waals surface area contributed by atoms with E-state index in [1.807, 2.05) is 18.2 Å². The van der Waals surface area contributed by atoms with Gasteiger partial charge in [0.1, 0.15) is 0 Å². The molecule has 4 rings (SSSR count). The largest absolute Gasteiger partial charge is 0.350 e. The minimum absolute atomic E-state index is 0.0875. The number of hydrogen-bond donors (Lipinski definition) is 1. The Morgan fingerprint density at radius 3 is 2.74 bits per heavy atom. The van der Waals surface area contributed by atoms with Gasteiger partial charge < -0.3 is 5.32 Å². The number of amides is 1. The van der Waals surface area contributed by atoms with E-state index >= 15 is 0 Å². The van der Waals surface area contributed by atoms with E-state index in [2.05, 4.69) is 52.8 Å². The van der Waals surface area contributed by atoms with Gasteiger partial charge in [0.2, 0.25) is 5.91 Å². The fourth-order valence-electron chi connectivity index (χ4n) is 3.21. The van der Waals surface area contributed by atoms with E-state index in [9.17, 15) is 4.79 Å². The molecule has 3 aromatic rings. The van der Waals surface area contributed by atoms with Crippen molar-refractivity contribution in [1.82, 2.24) is 10.3 Å². The van der Waals surface area contributed by atoms with Crippen LogP contribution in [0, 0.1) is 5.92 Å². The van der Waals surface area contributed by atoms with E-state index in [-0.39, 0.29) is 11.8 Å². The lowest BCUT2D eigenvalue weighted by Crippen LogP contribution is -2.25. The summed E-state index contributed by atoms with van der Waals surface area (Å²) < 4.78 is 0. The first-order valence-electron chi connectivity index (χ1n) is 7.98. The van der Waals surface area contributed by atoms with Crippen molar-refractivity contribution >= 4 is 16.7 Å². The van der Waals surface area contributed by atoms with Crippen LogP contribution in [0.3, 0.4) is 0 Å². The Labute approximate surface area is 135 Å². The molecule has 0 bridgehead atoms. The van der Waals surface area contributed by atoms with Crippen molar-refractivity contribution in [2.75, 3.05) is 0 Å². The molecule has 1 fully saturated rings. The molecule has 0 radical (unpaired) electrons. The fraction of sp³-hybridized carbons (Fsp3) is 0.200. The number of fused-ring (bicyclic) bond motifs is 1. The molecule has 1 aliphatic carbocycles. The lowest BCUT2D eigenvalue weighted by atomic mass is 10.00. The lowest BCUT2D eigenvalue weighted by Gasteiger charge is -2.07. The maximum Gasteiger partial charge on any atom is 0.224 e. The molecule has 0 aliphatic heterocycles. The molecule has 1 heterocycles. The molecule has 3 heteroatoms. The van der Waals surface area contributed by atoms with E-state index in [1.165, 1.54) is 16.3 Å². The van der Waals surface area contributed by atoms with E-state index in [1.54, 1.807) is 6.20 Å². The van der Waals surface area contributed by atoms with Crippen LogP contribution in [0.4, 0.5) is 0 Å².